The molecule has 0 aromatic heterocycles. The van der Waals surface area contributed by atoms with E-state index in [1.54, 1.807) is 0 Å². The molecule has 1 heteroatoms. The van der Waals surface area contributed by atoms with Crippen molar-refractivity contribution < 1.29 is 0 Å². The molecule has 1 aliphatic heterocycles. The van der Waals surface area contributed by atoms with Gasteiger partial charge in [-0.15, -0.1) is 0 Å². The van der Waals surface area contributed by atoms with E-state index in [9.17, 15) is 0 Å². The summed E-state index contributed by atoms with van der Waals surface area (Å²) in [5.41, 5.74) is 0. The summed E-state index contributed by atoms with van der Waals surface area (Å²) < 4.78 is 0. The number of rotatable bonds is 9. The molecule has 2 unspecified atom stereocenters. The smallest absolute Gasteiger partial charge is 0.00931 e. The van der Waals surface area contributed by atoms with Gasteiger partial charge < -0.3 is 5.32 Å². The first kappa shape index (κ1) is 14.0. The summed E-state index contributed by atoms with van der Waals surface area (Å²) in [6.07, 6.45) is 14.3. The molecule has 0 aromatic rings. The van der Waals surface area contributed by atoms with Crippen LogP contribution in [0, 0.1) is 5.92 Å². The Morgan fingerprint density at radius 1 is 0.938 bits per heavy atom. The first-order valence-electron chi connectivity index (χ1n) is 7.58. The molecule has 1 aliphatic rings. The molecule has 1 fully saturated rings. The van der Waals surface area contributed by atoms with Crippen molar-refractivity contribution in [2.24, 2.45) is 5.92 Å². The molecule has 0 saturated carbocycles. The number of hydrogen-bond donors (Lipinski definition) is 1. The van der Waals surface area contributed by atoms with Gasteiger partial charge in [0.05, 0.1) is 0 Å². The third kappa shape index (κ3) is 5.89. The number of unbranched alkanes of at least 4 members (excludes halogenated alkanes) is 7. The van der Waals surface area contributed by atoms with Crippen molar-refractivity contribution in [1.29, 1.82) is 0 Å². The summed E-state index contributed by atoms with van der Waals surface area (Å²) in [5, 5.41) is 3.63. The van der Waals surface area contributed by atoms with Crippen molar-refractivity contribution in [3.05, 3.63) is 0 Å². The van der Waals surface area contributed by atoms with Crippen molar-refractivity contribution in [2.75, 3.05) is 6.54 Å². The Kier molecular flexibility index (Phi) is 7.92. The molecule has 1 rings (SSSR count). The topological polar surface area (TPSA) is 12.0 Å². The Bertz CT molecular complexity index is 156. The first-order chi connectivity index (χ1) is 7.84. The van der Waals surface area contributed by atoms with Crippen LogP contribution in [0.25, 0.3) is 0 Å². The van der Waals surface area contributed by atoms with Gasteiger partial charge in [0.15, 0.2) is 0 Å². The minimum atomic E-state index is 0.833. The fourth-order valence-electron chi connectivity index (χ4n) is 2.78. The minimum Gasteiger partial charge on any atom is -0.314 e. The predicted molar refractivity (Wildman–Crippen MR) is 72.8 cm³/mol. The van der Waals surface area contributed by atoms with Gasteiger partial charge in [-0.05, 0) is 25.3 Å². The van der Waals surface area contributed by atoms with E-state index in [1.165, 1.54) is 70.8 Å². The molecule has 2 atom stereocenters. The molecule has 1 N–H and O–H groups in total. The van der Waals surface area contributed by atoms with E-state index in [0.29, 0.717) is 0 Å². The van der Waals surface area contributed by atoms with Gasteiger partial charge in [-0.3, -0.25) is 0 Å². The third-order valence-corrected chi connectivity index (χ3v) is 4.06. The zero-order chi connectivity index (χ0) is 11.6. The van der Waals surface area contributed by atoms with E-state index in [-0.39, 0.29) is 0 Å². The minimum absolute atomic E-state index is 0.833. The van der Waals surface area contributed by atoms with Crippen molar-refractivity contribution in [1.82, 2.24) is 5.32 Å². The van der Waals surface area contributed by atoms with Crippen LogP contribution >= 0.6 is 0 Å². The Hall–Kier alpha value is -0.0400. The van der Waals surface area contributed by atoms with E-state index >= 15 is 0 Å². The van der Waals surface area contributed by atoms with Crippen molar-refractivity contribution in [3.63, 3.8) is 0 Å². The molecule has 1 nitrogen and oxygen atoms in total. The molecule has 0 radical (unpaired) electrons. The largest absolute Gasteiger partial charge is 0.314 e. The first-order valence-corrected chi connectivity index (χ1v) is 7.58. The van der Waals surface area contributed by atoms with Gasteiger partial charge in [-0.2, -0.15) is 0 Å². The molecule has 96 valence electrons. The molecular weight excluding hydrogens is 194 g/mol. The van der Waals surface area contributed by atoms with Crippen LogP contribution < -0.4 is 5.32 Å². The fraction of sp³-hybridized carbons (Fsp3) is 1.00. The van der Waals surface area contributed by atoms with E-state index in [4.69, 9.17) is 0 Å². The lowest BCUT2D eigenvalue weighted by Crippen LogP contribution is -2.25. The highest BCUT2D eigenvalue weighted by Crippen LogP contribution is 2.20. The van der Waals surface area contributed by atoms with Gasteiger partial charge >= 0.3 is 0 Å². The van der Waals surface area contributed by atoms with Gasteiger partial charge in [-0.1, -0.05) is 65.2 Å². The molecular formula is C15H31N. The lowest BCUT2D eigenvalue weighted by Gasteiger charge is -2.14. The van der Waals surface area contributed by atoms with E-state index in [2.05, 4.69) is 19.2 Å². The highest BCUT2D eigenvalue weighted by molar-refractivity contribution is 4.80. The van der Waals surface area contributed by atoms with Crippen LogP contribution in [0.5, 0.6) is 0 Å². The van der Waals surface area contributed by atoms with E-state index in [1.807, 2.05) is 0 Å². The summed E-state index contributed by atoms with van der Waals surface area (Å²) in [5.74, 6) is 0.921. The van der Waals surface area contributed by atoms with Gasteiger partial charge in [0.1, 0.15) is 0 Å². The Morgan fingerprint density at radius 3 is 2.12 bits per heavy atom. The summed E-state index contributed by atoms with van der Waals surface area (Å²) >= 11 is 0. The Morgan fingerprint density at radius 2 is 1.56 bits per heavy atom. The Labute approximate surface area is 102 Å². The van der Waals surface area contributed by atoms with Crippen LogP contribution in [0.3, 0.4) is 0 Å². The SMILES string of the molecule is CCCCCCCCCCC1NCCC1C. The predicted octanol–water partition coefficient (Wildman–Crippen LogP) is 4.52. The third-order valence-electron chi connectivity index (χ3n) is 4.06. The van der Waals surface area contributed by atoms with Crippen LogP contribution in [-0.2, 0) is 0 Å². The maximum absolute atomic E-state index is 3.63. The van der Waals surface area contributed by atoms with E-state index in [0.717, 1.165) is 12.0 Å². The molecule has 0 aliphatic carbocycles. The zero-order valence-corrected chi connectivity index (χ0v) is 11.4. The lowest BCUT2D eigenvalue weighted by atomic mass is 9.97. The van der Waals surface area contributed by atoms with Crippen molar-refractivity contribution in [3.8, 4) is 0 Å². The number of nitrogens with one attached hydrogen (secondary N) is 1. The average Bonchev–Trinajstić information content (AvgIpc) is 2.68. The summed E-state index contributed by atoms with van der Waals surface area (Å²) in [6, 6.07) is 0.833. The second kappa shape index (κ2) is 9.04. The van der Waals surface area contributed by atoms with Gasteiger partial charge in [0.2, 0.25) is 0 Å². The quantitative estimate of drug-likeness (QED) is 0.569. The standard InChI is InChI=1S/C15H31N/c1-3-4-5-6-7-8-9-10-11-15-14(2)12-13-16-15/h14-16H,3-13H2,1-2H3. The molecule has 0 aromatic carbocycles. The monoisotopic (exact) mass is 225 g/mol. The summed E-state index contributed by atoms with van der Waals surface area (Å²) in [7, 11) is 0. The second-order valence-electron chi connectivity index (χ2n) is 5.59. The van der Waals surface area contributed by atoms with Gasteiger partial charge in [0, 0.05) is 6.04 Å². The second-order valence-corrected chi connectivity index (χ2v) is 5.59. The Balaban J connectivity index is 1.81. The van der Waals surface area contributed by atoms with Gasteiger partial charge in [-0.25, -0.2) is 0 Å². The summed E-state index contributed by atoms with van der Waals surface area (Å²) in [4.78, 5) is 0. The maximum Gasteiger partial charge on any atom is 0.00931 e. The summed E-state index contributed by atoms with van der Waals surface area (Å²) in [6.45, 7) is 5.94. The molecule has 1 saturated heterocycles. The molecule has 0 spiro atoms. The van der Waals surface area contributed by atoms with Crippen LogP contribution in [0.1, 0.15) is 78.1 Å². The normalized spacial score (nSPS) is 25.1. The fourth-order valence-corrected chi connectivity index (χ4v) is 2.78. The molecule has 16 heavy (non-hydrogen) atoms. The highest BCUT2D eigenvalue weighted by atomic mass is 14.9. The highest BCUT2D eigenvalue weighted by Gasteiger charge is 2.21. The zero-order valence-electron chi connectivity index (χ0n) is 11.4. The van der Waals surface area contributed by atoms with Crippen molar-refractivity contribution >= 4 is 0 Å². The average molecular weight is 225 g/mol. The van der Waals surface area contributed by atoms with Crippen LogP contribution in [0.15, 0.2) is 0 Å². The number of hydrogen-bond acceptors (Lipinski definition) is 1. The van der Waals surface area contributed by atoms with Crippen LogP contribution in [-0.4, -0.2) is 12.6 Å². The molecule has 1 heterocycles. The van der Waals surface area contributed by atoms with Crippen molar-refractivity contribution in [2.45, 2.75) is 84.1 Å². The van der Waals surface area contributed by atoms with Gasteiger partial charge in [0.25, 0.3) is 0 Å². The molecule has 0 amide bonds. The maximum atomic E-state index is 3.63. The lowest BCUT2D eigenvalue weighted by molar-refractivity contribution is 0.429. The van der Waals surface area contributed by atoms with Crippen LogP contribution in [0.4, 0.5) is 0 Å². The molecule has 0 bridgehead atoms. The van der Waals surface area contributed by atoms with Crippen LogP contribution in [0.2, 0.25) is 0 Å². The van der Waals surface area contributed by atoms with E-state index < -0.39 is 0 Å².